The molecule has 0 spiro atoms. The van der Waals surface area contributed by atoms with Crippen LogP contribution in [-0.2, 0) is 0 Å². The summed E-state index contributed by atoms with van der Waals surface area (Å²) in [6.07, 6.45) is 10.7. The van der Waals surface area contributed by atoms with E-state index in [2.05, 4.69) is 10.2 Å². The summed E-state index contributed by atoms with van der Waals surface area (Å²) in [5, 5.41) is 13.5. The highest BCUT2D eigenvalue weighted by Crippen LogP contribution is 2.39. The van der Waals surface area contributed by atoms with E-state index in [9.17, 15) is 5.11 Å². The molecule has 3 rings (SSSR count). The van der Waals surface area contributed by atoms with Crippen molar-refractivity contribution < 1.29 is 5.11 Å². The van der Waals surface area contributed by atoms with Gasteiger partial charge in [0.2, 0.25) is 0 Å². The fourth-order valence-electron chi connectivity index (χ4n) is 4.23. The average Bonchev–Trinajstić information content (AvgIpc) is 3.17. The molecule has 1 aliphatic heterocycles. The predicted molar refractivity (Wildman–Crippen MR) is 82.8 cm³/mol. The number of aliphatic hydroxyl groups excluding tert-OH is 1. The van der Waals surface area contributed by atoms with Crippen molar-refractivity contribution in [3.63, 3.8) is 0 Å². The van der Waals surface area contributed by atoms with Crippen LogP contribution in [0.1, 0.15) is 58.3 Å². The van der Waals surface area contributed by atoms with Gasteiger partial charge in [-0.2, -0.15) is 0 Å². The molecule has 2 N–H and O–H groups in total. The maximum Gasteiger partial charge on any atom is 0.0541 e. The van der Waals surface area contributed by atoms with Crippen molar-refractivity contribution in [1.29, 1.82) is 0 Å². The Morgan fingerprint density at radius 2 is 1.80 bits per heavy atom. The van der Waals surface area contributed by atoms with Gasteiger partial charge >= 0.3 is 0 Å². The summed E-state index contributed by atoms with van der Waals surface area (Å²) in [7, 11) is 0. The molecule has 0 aromatic carbocycles. The maximum absolute atomic E-state index is 9.72. The number of aliphatic hydroxyl groups is 1. The molecule has 20 heavy (non-hydrogen) atoms. The average molecular weight is 280 g/mol. The fourth-order valence-corrected chi connectivity index (χ4v) is 4.23. The van der Waals surface area contributed by atoms with Crippen molar-refractivity contribution in [3.8, 4) is 0 Å². The summed E-state index contributed by atoms with van der Waals surface area (Å²) in [6, 6.07) is 0.841. The van der Waals surface area contributed by atoms with E-state index in [-0.39, 0.29) is 6.10 Å². The molecule has 3 fully saturated rings. The monoisotopic (exact) mass is 280 g/mol. The molecule has 0 aromatic rings. The molecular formula is C17H32N2O. The Hall–Kier alpha value is -0.120. The first-order valence-electron chi connectivity index (χ1n) is 8.81. The van der Waals surface area contributed by atoms with Crippen LogP contribution in [0.2, 0.25) is 0 Å². The van der Waals surface area contributed by atoms with E-state index in [0.717, 1.165) is 6.04 Å². The van der Waals surface area contributed by atoms with Gasteiger partial charge in [0.1, 0.15) is 0 Å². The van der Waals surface area contributed by atoms with Crippen molar-refractivity contribution in [2.75, 3.05) is 26.2 Å². The van der Waals surface area contributed by atoms with Gasteiger partial charge in [0.15, 0.2) is 0 Å². The van der Waals surface area contributed by atoms with Crippen LogP contribution >= 0.6 is 0 Å². The van der Waals surface area contributed by atoms with Crippen LogP contribution in [0.25, 0.3) is 0 Å². The molecule has 1 atom stereocenters. The number of piperidine rings is 1. The van der Waals surface area contributed by atoms with Crippen LogP contribution in [0.4, 0.5) is 0 Å². The van der Waals surface area contributed by atoms with E-state index in [4.69, 9.17) is 0 Å². The standard InChI is InChI=1S/C17H32N2O/c1-14(20)15-6-10-19(11-7-15)13-17(8-2-3-9-17)12-18-16-4-5-16/h14-16,18,20H,2-13H2,1H3. The van der Waals surface area contributed by atoms with E-state index in [1.54, 1.807) is 0 Å². The minimum atomic E-state index is -0.117. The second-order valence-corrected chi connectivity index (χ2v) is 7.72. The fraction of sp³-hybridized carbons (Fsp3) is 1.00. The summed E-state index contributed by atoms with van der Waals surface area (Å²) in [5.41, 5.74) is 0.556. The second-order valence-electron chi connectivity index (χ2n) is 7.72. The molecule has 0 radical (unpaired) electrons. The predicted octanol–water partition coefficient (Wildman–Crippen LogP) is 2.39. The van der Waals surface area contributed by atoms with Crippen molar-refractivity contribution in [2.24, 2.45) is 11.3 Å². The zero-order chi connectivity index (χ0) is 14.0. The van der Waals surface area contributed by atoms with Crippen LogP contribution in [0.5, 0.6) is 0 Å². The Morgan fingerprint density at radius 3 is 2.35 bits per heavy atom. The van der Waals surface area contributed by atoms with Gasteiger partial charge in [-0.25, -0.2) is 0 Å². The van der Waals surface area contributed by atoms with E-state index >= 15 is 0 Å². The third-order valence-corrected chi connectivity index (χ3v) is 5.88. The van der Waals surface area contributed by atoms with Gasteiger partial charge in [0.05, 0.1) is 6.10 Å². The van der Waals surface area contributed by atoms with E-state index < -0.39 is 0 Å². The molecular weight excluding hydrogens is 248 g/mol. The molecule has 1 saturated heterocycles. The van der Waals surface area contributed by atoms with Gasteiger partial charge in [0.25, 0.3) is 0 Å². The number of nitrogens with zero attached hydrogens (tertiary/aromatic N) is 1. The smallest absolute Gasteiger partial charge is 0.0541 e. The Balaban J connectivity index is 1.49. The first-order chi connectivity index (χ1) is 9.67. The number of hydrogen-bond donors (Lipinski definition) is 2. The van der Waals surface area contributed by atoms with Crippen molar-refractivity contribution >= 4 is 0 Å². The van der Waals surface area contributed by atoms with Gasteiger partial charge in [-0.05, 0) is 69.9 Å². The number of nitrogens with one attached hydrogen (secondary N) is 1. The third kappa shape index (κ3) is 3.75. The molecule has 1 heterocycles. The summed E-state index contributed by atoms with van der Waals surface area (Å²) in [4.78, 5) is 2.68. The molecule has 0 aromatic heterocycles. The zero-order valence-corrected chi connectivity index (χ0v) is 13.1. The first-order valence-corrected chi connectivity index (χ1v) is 8.81. The lowest BCUT2D eigenvalue weighted by molar-refractivity contribution is 0.0529. The topological polar surface area (TPSA) is 35.5 Å². The second kappa shape index (κ2) is 6.33. The normalized spacial score (nSPS) is 29.7. The molecule has 0 bridgehead atoms. The van der Waals surface area contributed by atoms with Crippen LogP contribution in [0.15, 0.2) is 0 Å². The number of rotatable bonds is 6. The molecule has 2 aliphatic carbocycles. The van der Waals surface area contributed by atoms with Gasteiger partial charge < -0.3 is 15.3 Å². The summed E-state index contributed by atoms with van der Waals surface area (Å²) in [6.45, 7) is 6.88. The Labute approximate surface area is 124 Å². The molecule has 3 aliphatic rings. The minimum Gasteiger partial charge on any atom is -0.393 e. The van der Waals surface area contributed by atoms with E-state index in [1.165, 1.54) is 77.5 Å². The van der Waals surface area contributed by atoms with Gasteiger partial charge in [0, 0.05) is 19.1 Å². The highest BCUT2D eigenvalue weighted by molar-refractivity contribution is 4.93. The molecule has 1 unspecified atom stereocenters. The lowest BCUT2D eigenvalue weighted by Crippen LogP contribution is -2.46. The van der Waals surface area contributed by atoms with Gasteiger partial charge in [-0.15, -0.1) is 0 Å². The van der Waals surface area contributed by atoms with Crippen molar-refractivity contribution in [3.05, 3.63) is 0 Å². The third-order valence-electron chi connectivity index (χ3n) is 5.88. The molecule has 116 valence electrons. The largest absolute Gasteiger partial charge is 0.393 e. The number of likely N-dealkylation sites (tertiary alicyclic amines) is 1. The molecule has 0 amide bonds. The van der Waals surface area contributed by atoms with Crippen LogP contribution in [0, 0.1) is 11.3 Å². The summed E-state index contributed by atoms with van der Waals surface area (Å²) < 4.78 is 0. The zero-order valence-electron chi connectivity index (χ0n) is 13.1. The minimum absolute atomic E-state index is 0.117. The Kier molecular flexibility index (Phi) is 4.68. The van der Waals surface area contributed by atoms with Crippen molar-refractivity contribution in [2.45, 2.75) is 70.4 Å². The van der Waals surface area contributed by atoms with Crippen molar-refractivity contribution in [1.82, 2.24) is 10.2 Å². The van der Waals surface area contributed by atoms with Gasteiger partial charge in [-0.1, -0.05) is 12.8 Å². The SMILES string of the molecule is CC(O)C1CCN(CC2(CNC3CC3)CCCC2)CC1. The van der Waals surface area contributed by atoms with E-state index in [0.29, 0.717) is 11.3 Å². The maximum atomic E-state index is 9.72. The first kappa shape index (κ1) is 14.8. The summed E-state index contributed by atoms with van der Waals surface area (Å²) >= 11 is 0. The highest BCUT2D eigenvalue weighted by atomic mass is 16.3. The summed E-state index contributed by atoms with van der Waals surface area (Å²) in [5.74, 6) is 0.537. The number of hydrogen-bond acceptors (Lipinski definition) is 3. The molecule has 2 saturated carbocycles. The highest BCUT2D eigenvalue weighted by Gasteiger charge is 2.37. The lowest BCUT2D eigenvalue weighted by Gasteiger charge is -2.40. The Morgan fingerprint density at radius 1 is 1.15 bits per heavy atom. The van der Waals surface area contributed by atoms with Crippen LogP contribution < -0.4 is 5.32 Å². The molecule has 3 heteroatoms. The van der Waals surface area contributed by atoms with Crippen LogP contribution in [0.3, 0.4) is 0 Å². The molecule has 3 nitrogen and oxygen atoms in total. The van der Waals surface area contributed by atoms with Gasteiger partial charge in [-0.3, -0.25) is 0 Å². The Bertz CT molecular complexity index is 300. The van der Waals surface area contributed by atoms with Crippen LogP contribution in [-0.4, -0.2) is 48.3 Å². The lowest BCUT2D eigenvalue weighted by atomic mass is 9.83. The van der Waals surface area contributed by atoms with E-state index in [1.807, 2.05) is 6.92 Å². The quantitative estimate of drug-likeness (QED) is 0.784.